The molecule has 0 saturated carbocycles. The summed E-state index contributed by atoms with van der Waals surface area (Å²) in [6, 6.07) is 8.44. The molecular formula is C22H30Zr. The zero-order valence-electron chi connectivity index (χ0n) is 16.0. The van der Waals surface area contributed by atoms with E-state index in [1.165, 1.54) is 38.9 Å². The third kappa shape index (κ3) is 5.08. The largest absolute Gasteiger partial charge is 4.00 e. The van der Waals surface area contributed by atoms with Gasteiger partial charge in [-0.3, -0.25) is 6.08 Å². The molecular weight excluding hydrogens is 355 g/mol. The normalized spacial score (nSPS) is 13.7. The summed E-state index contributed by atoms with van der Waals surface area (Å²) in [6.07, 6.45) is 5.33. The fourth-order valence-electron chi connectivity index (χ4n) is 2.75. The molecule has 0 fully saturated rings. The van der Waals surface area contributed by atoms with Gasteiger partial charge in [0.1, 0.15) is 0 Å². The average Bonchev–Trinajstić information content (AvgIpc) is 2.92. The van der Waals surface area contributed by atoms with Crippen LogP contribution >= 0.6 is 0 Å². The zero-order valence-corrected chi connectivity index (χ0v) is 18.4. The van der Waals surface area contributed by atoms with Gasteiger partial charge in [-0.25, -0.2) is 6.08 Å². The van der Waals surface area contributed by atoms with Crippen LogP contribution in [0, 0.1) is 55.5 Å². The van der Waals surface area contributed by atoms with Crippen molar-refractivity contribution in [2.45, 2.75) is 47.5 Å². The van der Waals surface area contributed by atoms with E-state index in [-0.39, 0.29) is 41.1 Å². The van der Waals surface area contributed by atoms with Crippen molar-refractivity contribution in [1.29, 1.82) is 0 Å². The Balaban J connectivity index is 0. The van der Waals surface area contributed by atoms with E-state index in [4.69, 9.17) is 0 Å². The molecule has 0 aromatic heterocycles. The van der Waals surface area contributed by atoms with Crippen molar-refractivity contribution in [3.05, 3.63) is 84.1 Å². The van der Waals surface area contributed by atoms with E-state index in [0.29, 0.717) is 5.92 Å². The van der Waals surface area contributed by atoms with Crippen LogP contribution in [0.5, 0.6) is 0 Å². The maximum Gasteiger partial charge on any atom is 4.00 e. The van der Waals surface area contributed by atoms with Crippen LogP contribution in [0.2, 0.25) is 0 Å². The Morgan fingerprint density at radius 2 is 1.39 bits per heavy atom. The van der Waals surface area contributed by atoms with Gasteiger partial charge in [-0.05, 0) is 0 Å². The first-order chi connectivity index (χ1) is 9.43. The topological polar surface area (TPSA) is 0 Å². The SMILES string of the molecule is CC1[C-]=Cc2ccccc21.Cc1c(C)c(C)[c-](C)c1C.[CH3-].[CH3-].[Zr+4]. The summed E-state index contributed by atoms with van der Waals surface area (Å²) in [5.41, 5.74) is 10.1. The van der Waals surface area contributed by atoms with Crippen LogP contribution in [0.1, 0.15) is 51.8 Å². The quantitative estimate of drug-likeness (QED) is 0.456. The summed E-state index contributed by atoms with van der Waals surface area (Å²) < 4.78 is 0. The predicted molar refractivity (Wildman–Crippen MR) is 101 cm³/mol. The Kier molecular flexibility index (Phi) is 10.8. The van der Waals surface area contributed by atoms with Gasteiger partial charge in [-0.1, -0.05) is 65.7 Å². The molecule has 0 heterocycles. The van der Waals surface area contributed by atoms with Crippen LogP contribution in [0.25, 0.3) is 6.08 Å². The van der Waals surface area contributed by atoms with E-state index in [1.54, 1.807) is 0 Å². The maximum absolute atomic E-state index is 3.26. The van der Waals surface area contributed by atoms with Gasteiger partial charge in [0.25, 0.3) is 0 Å². The zero-order chi connectivity index (χ0) is 14.9. The number of allylic oxidation sites excluding steroid dienone is 1. The molecule has 1 aliphatic carbocycles. The predicted octanol–water partition coefficient (Wildman–Crippen LogP) is 6.47. The van der Waals surface area contributed by atoms with Crippen molar-refractivity contribution in [2.75, 3.05) is 0 Å². The van der Waals surface area contributed by atoms with Crippen molar-refractivity contribution >= 4 is 6.08 Å². The van der Waals surface area contributed by atoms with Gasteiger partial charge in [-0.15, -0.1) is 11.6 Å². The van der Waals surface area contributed by atoms with Gasteiger partial charge in [0.2, 0.25) is 0 Å². The van der Waals surface area contributed by atoms with Crippen LogP contribution in [-0.4, -0.2) is 0 Å². The van der Waals surface area contributed by atoms with Crippen LogP contribution in [-0.2, 0) is 26.2 Å². The Labute approximate surface area is 163 Å². The summed E-state index contributed by atoms with van der Waals surface area (Å²) >= 11 is 0. The molecule has 0 bridgehead atoms. The standard InChI is InChI=1S/C10H9.C10H15.2CH3.Zr/c1-8-6-7-9-4-2-3-5-10(8)9;1-6-7(2)9(4)10(5)8(6)3;;;/h2-5,7-8H,1H3;1-5H3;2*1H3;/q4*-1;+4. The summed E-state index contributed by atoms with van der Waals surface area (Å²) in [5, 5.41) is 0. The Morgan fingerprint density at radius 1 is 0.913 bits per heavy atom. The first kappa shape index (κ1) is 24.4. The molecule has 0 amide bonds. The van der Waals surface area contributed by atoms with Crippen LogP contribution in [0.3, 0.4) is 0 Å². The average molecular weight is 386 g/mol. The van der Waals surface area contributed by atoms with Crippen LogP contribution in [0.15, 0.2) is 24.3 Å². The van der Waals surface area contributed by atoms with Gasteiger partial charge in [-0.2, -0.15) is 33.4 Å². The molecule has 122 valence electrons. The van der Waals surface area contributed by atoms with Crippen molar-refractivity contribution in [1.82, 2.24) is 0 Å². The molecule has 2 aromatic rings. The molecule has 1 heteroatoms. The van der Waals surface area contributed by atoms with Crippen molar-refractivity contribution in [3.8, 4) is 0 Å². The van der Waals surface area contributed by atoms with E-state index < -0.39 is 0 Å². The number of benzene rings is 1. The molecule has 1 atom stereocenters. The number of fused-ring (bicyclic) bond motifs is 1. The minimum atomic E-state index is 0. The summed E-state index contributed by atoms with van der Waals surface area (Å²) in [7, 11) is 0. The van der Waals surface area contributed by atoms with Crippen molar-refractivity contribution in [3.63, 3.8) is 0 Å². The van der Waals surface area contributed by atoms with Gasteiger partial charge in [0, 0.05) is 0 Å². The Hall–Kier alpha value is -0.807. The van der Waals surface area contributed by atoms with Crippen molar-refractivity contribution < 1.29 is 26.2 Å². The van der Waals surface area contributed by atoms with E-state index >= 15 is 0 Å². The minimum Gasteiger partial charge on any atom is -0.358 e. The van der Waals surface area contributed by atoms with E-state index in [0.717, 1.165) is 0 Å². The molecule has 0 nitrogen and oxygen atoms in total. The number of rotatable bonds is 0. The van der Waals surface area contributed by atoms with E-state index in [2.05, 4.69) is 78.0 Å². The van der Waals surface area contributed by atoms with E-state index in [9.17, 15) is 0 Å². The molecule has 2 aromatic carbocycles. The maximum atomic E-state index is 3.26. The van der Waals surface area contributed by atoms with Gasteiger partial charge in [0.15, 0.2) is 0 Å². The van der Waals surface area contributed by atoms with Gasteiger partial charge in [0.05, 0.1) is 0 Å². The molecule has 0 aliphatic heterocycles. The number of hydrogen-bond acceptors (Lipinski definition) is 0. The third-order valence-electron chi connectivity index (χ3n) is 4.76. The fraction of sp³-hybridized carbons (Fsp3) is 0.318. The molecule has 23 heavy (non-hydrogen) atoms. The third-order valence-corrected chi connectivity index (χ3v) is 4.76. The van der Waals surface area contributed by atoms with E-state index in [1.807, 2.05) is 0 Å². The summed E-state index contributed by atoms with van der Waals surface area (Å²) in [4.78, 5) is 0. The molecule has 3 rings (SSSR count). The Morgan fingerprint density at radius 3 is 1.78 bits per heavy atom. The molecule has 0 N–H and O–H groups in total. The second kappa shape index (κ2) is 10.1. The molecule has 0 radical (unpaired) electrons. The second-order valence-corrected chi connectivity index (χ2v) is 5.79. The molecule has 0 spiro atoms. The van der Waals surface area contributed by atoms with Gasteiger partial charge >= 0.3 is 26.2 Å². The number of hydrogen-bond donors (Lipinski definition) is 0. The molecule has 0 saturated heterocycles. The van der Waals surface area contributed by atoms with Crippen LogP contribution in [0.4, 0.5) is 0 Å². The monoisotopic (exact) mass is 384 g/mol. The minimum absolute atomic E-state index is 0. The Bertz CT molecular complexity index is 564. The first-order valence-electron chi connectivity index (χ1n) is 7.31. The van der Waals surface area contributed by atoms with Crippen molar-refractivity contribution in [2.24, 2.45) is 0 Å². The first-order valence-corrected chi connectivity index (χ1v) is 7.31. The summed E-state index contributed by atoms with van der Waals surface area (Å²) in [6.45, 7) is 13.2. The smallest absolute Gasteiger partial charge is 0.358 e. The summed E-state index contributed by atoms with van der Waals surface area (Å²) in [5.74, 6) is 0.496. The second-order valence-electron chi connectivity index (χ2n) is 5.79. The van der Waals surface area contributed by atoms with Crippen LogP contribution < -0.4 is 0 Å². The van der Waals surface area contributed by atoms with Gasteiger partial charge < -0.3 is 14.9 Å². The molecule has 1 unspecified atom stereocenters. The molecule has 1 aliphatic rings. The fourth-order valence-corrected chi connectivity index (χ4v) is 2.75.